The maximum absolute atomic E-state index is 9.03. The molecule has 0 amide bonds. The molecule has 0 aliphatic carbocycles. The monoisotopic (exact) mass is 194 g/mol. The minimum Gasteiger partial charge on any atom is -0.393 e. The molecule has 0 fully saturated rings. The zero-order chi connectivity index (χ0) is 10.2. The number of aliphatic hydroxyl groups excluding tert-OH is 1. The summed E-state index contributed by atoms with van der Waals surface area (Å²) in [6.07, 6.45) is 5.33. The van der Waals surface area contributed by atoms with E-state index in [4.69, 9.17) is 5.11 Å². The molecule has 3 nitrogen and oxygen atoms in total. The molecule has 1 atom stereocenters. The standard InChI is InChI=1S/C11H18N2O/c1-10(14)4-2-6-12-8-11-5-3-7-13-9-11/h3,5,7,9-10,12,14H,2,4,6,8H2,1H3. The summed E-state index contributed by atoms with van der Waals surface area (Å²) >= 11 is 0. The molecule has 0 saturated carbocycles. The molecule has 1 rings (SSSR count). The molecule has 0 saturated heterocycles. The van der Waals surface area contributed by atoms with Gasteiger partial charge in [-0.15, -0.1) is 0 Å². The topological polar surface area (TPSA) is 45.1 Å². The predicted octanol–water partition coefficient (Wildman–Crippen LogP) is 1.33. The zero-order valence-electron chi connectivity index (χ0n) is 8.61. The van der Waals surface area contributed by atoms with E-state index < -0.39 is 0 Å². The molecule has 0 spiro atoms. The van der Waals surface area contributed by atoms with Crippen LogP contribution >= 0.6 is 0 Å². The predicted molar refractivity (Wildman–Crippen MR) is 56.9 cm³/mol. The van der Waals surface area contributed by atoms with Crippen molar-refractivity contribution in [1.82, 2.24) is 10.3 Å². The van der Waals surface area contributed by atoms with Crippen LogP contribution in [0.2, 0.25) is 0 Å². The summed E-state index contributed by atoms with van der Waals surface area (Å²) in [5.74, 6) is 0. The number of nitrogens with zero attached hydrogens (tertiary/aromatic N) is 1. The highest BCUT2D eigenvalue weighted by molar-refractivity contribution is 5.07. The average molecular weight is 194 g/mol. The minimum atomic E-state index is -0.185. The Kier molecular flexibility index (Phi) is 5.19. The molecule has 1 aromatic rings. The third kappa shape index (κ3) is 4.94. The molecule has 1 aromatic heterocycles. The summed E-state index contributed by atoms with van der Waals surface area (Å²) < 4.78 is 0. The van der Waals surface area contributed by atoms with Gasteiger partial charge in [-0.1, -0.05) is 6.07 Å². The van der Waals surface area contributed by atoms with Crippen molar-refractivity contribution in [2.24, 2.45) is 0 Å². The lowest BCUT2D eigenvalue weighted by molar-refractivity contribution is 0.181. The fourth-order valence-electron chi connectivity index (χ4n) is 1.26. The van der Waals surface area contributed by atoms with E-state index in [0.29, 0.717) is 0 Å². The largest absolute Gasteiger partial charge is 0.393 e. The molecule has 0 radical (unpaired) electrons. The Bertz CT molecular complexity index is 236. The third-order valence-corrected chi connectivity index (χ3v) is 2.03. The van der Waals surface area contributed by atoms with Gasteiger partial charge in [0.25, 0.3) is 0 Å². The van der Waals surface area contributed by atoms with Crippen molar-refractivity contribution >= 4 is 0 Å². The maximum atomic E-state index is 9.03. The lowest BCUT2D eigenvalue weighted by Crippen LogP contribution is -2.16. The Labute approximate surface area is 85.2 Å². The van der Waals surface area contributed by atoms with E-state index in [1.54, 1.807) is 6.20 Å². The number of hydrogen-bond acceptors (Lipinski definition) is 3. The van der Waals surface area contributed by atoms with Gasteiger partial charge in [0.2, 0.25) is 0 Å². The van der Waals surface area contributed by atoms with Gasteiger partial charge >= 0.3 is 0 Å². The Morgan fingerprint density at radius 2 is 2.43 bits per heavy atom. The Balaban J connectivity index is 2.05. The molecule has 3 heteroatoms. The van der Waals surface area contributed by atoms with Gasteiger partial charge in [-0.2, -0.15) is 0 Å². The minimum absolute atomic E-state index is 0.185. The highest BCUT2D eigenvalue weighted by atomic mass is 16.3. The van der Waals surface area contributed by atoms with Gasteiger partial charge < -0.3 is 10.4 Å². The highest BCUT2D eigenvalue weighted by Crippen LogP contribution is 1.96. The van der Waals surface area contributed by atoms with E-state index in [1.807, 2.05) is 19.2 Å². The van der Waals surface area contributed by atoms with Gasteiger partial charge in [-0.05, 0) is 37.9 Å². The SMILES string of the molecule is CC(O)CCCNCc1cccnc1. The normalized spacial score (nSPS) is 12.7. The van der Waals surface area contributed by atoms with Crippen LogP contribution in [-0.2, 0) is 6.54 Å². The van der Waals surface area contributed by atoms with Crippen molar-refractivity contribution in [3.05, 3.63) is 30.1 Å². The van der Waals surface area contributed by atoms with Crippen LogP contribution in [0, 0.1) is 0 Å². The van der Waals surface area contributed by atoms with Crippen molar-refractivity contribution in [2.45, 2.75) is 32.4 Å². The molecule has 0 bridgehead atoms. The lowest BCUT2D eigenvalue weighted by Gasteiger charge is -2.05. The summed E-state index contributed by atoms with van der Waals surface area (Å²) in [6.45, 7) is 3.62. The molecule has 0 aliphatic heterocycles. The van der Waals surface area contributed by atoms with Gasteiger partial charge in [0.15, 0.2) is 0 Å². The van der Waals surface area contributed by atoms with Crippen LogP contribution in [0.5, 0.6) is 0 Å². The summed E-state index contributed by atoms with van der Waals surface area (Å²) in [4.78, 5) is 4.03. The quantitative estimate of drug-likeness (QED) is 0.672. The van der Waals surface area contributed by atoms with Crippen LogP contribution < -0.4 is 5.32 Å². The molecule has 1 unspecified atom stereocenters. The molecule has 2 N–H and O–H groups in total. The van der Waals surface area contributed by atoms with Crippen molar-refractivity contribution in [1.29, 1.82) is 0 Å². The van der Waals surface area contributed by atoms with Crippen molar-refractivity contribution in [2.75, 3.05) is 6.54 Å². The summed E-state index contributed by atoms with van der Waals surface area (Å²) in [5.41, 5.74) is 1.20. The number of rotatable bonds is 6. The first-order valence-corrected chi connectivity index (χ1v) is 5.06. The van der Waals surface area contributed by atoms with E-state index in [9.17, 15) is 0 Å². The number of aromatic nitrogens is 1. The molecular weight excluding hydrogens is 176 g/mol. The Morgan fingerprint density at radius 3 is 3.07 bits per heavy atom. The maximum Gasteiger partial charge on any atom is 0.0512 e. The first-order valence-electron chi connectivity index (χ1n) is 5.06. The second-order valence-electron chi connectivity index (χ2n) is 3.53. The number of pyridine rings is 1. The molecule has 0 aliphatic rings. The van der Waals surface area contributed by atoms with Crippen LogP contribution in [0.15, 0.2) is 24.5 Å². The molecule has 0 aromatic carbocycles. The van der Waals surface area contributed by atoms with E-state index in [2.05, 4.69) is 16.4 Å². The molecule has 14 heavy (non-hydrogen) atoms. The first-order chi connectivity index (χ1) is 6.79. The summed E-state index contributed by atoms with van der Waals surface area (Å²) in [5, 5.41) is 12.3. The van der Waals surface area contributed by atoms with Gasteiger partial charge in [-0.25, -0.2) is 0 Å². The molecule has 1 heterocycles. The van der Waals surface area contributed by atoms with E-state index in [1.165, 1.54) is 5.56 Å². The summed E-state index contributed by atoms with van der Waals surface area (Å²) in [6, 6.07) is 3.99. The van der Waals surface area contributed by atoms with Crippen molar-refractivity contribution in [3.8, 4) is 0 Å². The third-order valence-electron chi connectivity index (χ3n) is 2.03. The second-order valence-corrected chi connectivity index (χ2v) is 3.53. The number of aliphatic hydroxyl groups is 1. The van der Waals surface area contributed by atoms with Gasteiger partial charge in [0, 0.05) is 18.9 Å². The van der Waals surface area contributed by atoms with Crippen molar-refractivity contribution in [3.63, 3.8) is 0 Å². The van der Waals surface area contributed by atoms with Crippen LogP contribution in [0.4, 0.5) is 0 Å². The van der Waals surface area contributed by atoms with Crippen LogP contribution in [0.25, 0.3) is 0 Å². The Morgan fingerprint density at radius 1 is 1.57 bits per heavy atom. The van der Waals surface area contributed by atoms with E-state index in [0.717, 1.165) is 25.9 Å². The first kappa shape index (κ1) is 11.1. The second kappa shape index (κ2) is 6.51. The van der Waals surface area contributed by atoms with Gasteiger partial charge in [0.1, 0.15) is 0 Å². The number of hydrogen-bond donors (Lipinski definition) is 2. The Hall–Kier alpha value is -0.930. The number of nitrogens with one attached hydrogen (secondary N) is 1. The van der Waals surface area contributed by atoms with Gasteiger partial charge in [-0.3, -0.25) is 4.98 Å². The van der Waals surface area contributed by atoms with E-state index in [-0.39, 0.29) is 6.10 Å². The van der Waals surface area contributed by atoms with Gasteiger partial charge in [0.05, 0.1) is 6.10 Å². The molecule has 78 valence electrons. The van der Waals surface area contributed by atoms with Crippen LogP contribution in [0.1, 0.15) is 25.3 Å². The lowest BCUT2D eigenvalue weighted by atomic mass is 10.2. The summed E-state index contributed by atoms with van der Waals surface area (Å²) in [7, 11) is 0. The van der Waals surface area contributed by atoms with Crippen molar-refractivity contribution < 1.29 is 5.11 Å². The smallest absolute Gasteiger partial charge is 0.0512 e. The zero-order valence-corrected chi connectivity index (χ0v) is 8.61. The fourth-order valence-corrected chi connectivity index (χ4v) is 1.26. The van der Waals surface area contributed by atoms with Crippen LogP contribution in [0.3, 0.4) is 0 Å². The highest BCUT2D eigenvalue weighted by Gasteiger charge is 1.95. The van der Waals surface area contributed by atoms with E-state index >= 15 is 0 Å². The fraction of sp³-hybridized carbons (Fsp3) is 0.545. The molecular formula is C11H18N2O. The average Bonchev–Trinajstić information content (AvgIpc) is 2.18. The van der Waals surface area contributed by atoms with Crippen LogP contribution in [-0.4, -0.2) is 22.7 Å².